The molecule has 0 saturated carbocycles. The number of aliphatic hydroxyl groups is 1. The molecule has 0 rings (SSSR count). The third-order valence-electron chi connectivity index (χ3n) is 11.3. The lowest BCUT2D eigenvalue weighted by Gasteiger charge is -2.21. The van der Waals surface area contributed by atoms with Crippen LogP contribution >= 0.6 is 0 Å². The van der Waals surface area contributed by atoms with Gasteiger partial charge in [-0.3, -0.25) is 4.79 Å². The standard InChI is InChI=1S/C50H97N3O4/c1-5-7-9-11-13-15-17-19-21-23-25-27-29-31-33-35-41-48(42-36-34-32-30-28-26-24-22-20-18-16-14-12-10-8-6-2)57-49(55)43-39-45-53(4)46-47(54)40-37-38-44-52-50(56)51-3/h19-22,47-48,54H,5-18,23-46H2,1-4H3,(H2,51,52,56)/b21-19-,22-20-. The number of urea groups is 1. The summed E-state index contributed by atoms with van der Waals surface area (Å²) in [5, 5.41) is 15.8. The van der Waals surface area contributed by atoms with Crippen LogP contribution in [0.25, 0.3) is 0 Å². The Balaban J connectivity index is 4.34. The minimum Gasteiger partial charge on any atom is -0.462 e. The average Bonchev–Trinajstić information content (AvgIpc) is 3.20. The Morgan fingerprint density at radius 3 is 1.40 bits per heavy atom. The van der Waals surface area contributed by atoms with E-state index in [9.17, 15) is 14.7 Å². The second-order valence-electron chi connectivity index (χ2n) is 17.1. The van der Waals surface area contributed by atoms with Crippen molar-refractivity contribution in [2.45, 2.75) is 251 Å². The number of hydrogen-bond donors (Lipinski definition) is 3. The summed E-state index contributed by atoms with van der Waals surface area (Å²) in [5.41, 5.74) is 0. The van der Waals surface area contributed by atoms with E-state index >= 15 is 0 Å². The second kappa shape index (κ2) is 45.2. The number of amides is 2. The van der Waals surface area contributed by atoms with Gasteiger partial charge in [-0.05, 0) is 116 Å². The topological polar surface area (TPSA) is 90.9 Å². The molecular formula is C50H97N3O4. The largest absolute Gasteiger partial charge is 0.462 e. The number of rotatable bonds is 44. The number of hydrogen-bond acceptors (Lipinski definition) is 5. The maximum Gasteiger partial charge on any atom is 0.314 e. The molecule has 3 N–H and O–H groups in total. The fourth-order valence-electron chi connectivity index (χ4n) is 7.58. The van der Waals surface area contributed by atoms with Crippen LogP contribution in [0.4, 0.5) is 4.79 Å². The third kappa shape index (κ3) is 43.5. The zero-order valence-electron chi connectivity index (χ0n) is 38.5. The van der Waals surface area contributed by atoms with Crippen molar-refractivity contribution in [3.8, 4) is 0 Å². The predicted octanol–water partition coefficient (Wildman–Crippen LogP) is 13.9. The number of nitrogens with zero attached hydrogens (tertiary/aromatic N) is 1. The molecular weight excluding hydrogens is 707 g/mol. The van der Waals surface area contributed by atoms with Crippen LogP contribution in [0.2, 0.25) is 0 Å². The van der Waals surface area contributed by atoms with E-state index in [2.05, 4.69) is 53.7 Å². The number of esters is 1. The molecule has 0 fully saturated rings. The molecule has 0 radical (unpaired) electrons. The highest BCUT2D eigenvalue weighted by molar-refractivity contribution is 5.73. The Morgan fingerprint density at radius 1 is 0.561 bits per heavy atom. The van der Waals surface area contributed by atoms with E-state index in [0.29, 0.717) is 25.9 Å². The van der Waals surface area contributed by atoms with E-state index < -0.39 is 6.10 Å². The van der Waals surface area contributed by atoms with Gasteiger partial charge in [-0.15, -0.1) is 0 Å². The number of unbranched alkanes of at least 4 members (excludes halogenated alkanes) is 25. The van der Waals surface area contributed by atoms with Crippen molar-refractivity contribution in [2.24, 2.45) is 0 Å². The number of aliphatic hydroxyl groups excluding tert-OH is 1. The first-order valence-corrected chi connectivity index (χ1v) is 24.7. The van der Waals surface area contributed by atoms with Gasteiger partial charge in [-0.25, -0.2) is 4.79 Å². The summed E-state index contributed by atoms with van der Waals surface area (Å²) in [7, 11) is 3.61. The minimum atomic E-state index is -0.403. The summed E-state index contributed by atoms with van der Waals surface area (Å²) >= 11 is 0. The van der Waals surface area contributed by atoms with Crippen LogP contribution in [0.1, 0.15) is 239 Å². The molecule has 0 aliphatic rings. The van der Waals surface area contributed by atoms with Gasteiger partial charge in [0.05, 0.1) is 6.10 Å². The quantitative estimate of drug-likeness (QED) is 0.0324. The van der Waals surface area contributed by atoms with Gasteiger partial charge in [0.2, 0.25) is 0 Å². The van der Waals surface area contributed by atoms with E-state index in [1.54, 1.807) is 7.05 Å². The van der Waals surface area contributed by atoms with E-state index in [1.807, 2.05) is 7.05 Å². The lowest BCUT2D eigenvalue weighted by Crippen LogP contribution is -2.33. The molecule has 0 bridgehead atoms. The lowest BCUT2D eigenvalue weighted by atomic mass is 10.0. The first-order valence-electron chi connectivity index (χ1n) is 24.7. The predicted molar refractivity (Wildman–Crippen MR) is 247 cm³/mol. The van der Waals surface area contributed by atoms with Crippen LogP contribution < -0.4 is 10.6 Å². The highest BCUT2D eigenvalue weighted by Crippen LogP contribution is 2.19. The molecule has 57 heavy (non-hydrogen) atoms. The normalized spacial score (nSPS) is 12.4. The minimum absolute atomic E-state index is 0.0449. The fourth-order valence-corrected chi connectivity index (χ4v) is 7.58. The molecule has 0 aromatic rings. The van der Waals surface area contributed by atoms with Crippen LogP contribution in [-0.2, 0) is 9.53 Å². The number of allylic oxidation sites excluding steroid dienone is 4. The van der Waals surface area contributed by atoms with Crippen molar-refractivity contribution >= 4 is 12.0 Å². The molecule has 0 aliphatic heterocycles. The smallest absolute Gasteiger partial charge is 0.314 e. The van der Waals surface area contributed by atoms with Gasteiger partial charge < -0.3 is 25.4 Å². The Hall–Kier alpha value is -1.86. The van der Waals surface area contributed by atoms with Gasteiger partial charge in [0.1, 0.15) is 6.10 Å². The summed E-state index contributed by atoms with van der Waals surface area (Å²) in [6.45, 7) is 6.52. The number of ether oxygens (including phenoxy) is 1. The van der Waals surface area contributed by atoms with Crippen LogP contribution in [-0.4, -0.2) is 67.9 Å². The monoisotopic (exact) mass is 804 g/mol. The van der Waals surface area contributed by atoms with Crippen molar-refractivity contribution in [2.75, 3.05) is 33.7 Å². The molecule has 0 aromatic heterocycles. The summed E-state index contributed by atoms with van der Waals surface area (Å²) in [6, 6.07) is -0.169. The Bertz CT molecular complexity index is 868. The van der Waals surface area contributed by atoms with Gasteiger partial charge in [0.25, 0.3) is 0 Å². The zero-order chi connectivity index (χ0) is 41.7. The van der Waals surface area contributed by atoms with Crippen molar-refractivity contribution in [1.82, 2.24) is 15.5 Å². The molecule has 7 heteroatoms. The first-order chi connectivity index (χ1) is 27.9. The number of carbonyl (C=O) groups is 2. The van der Waals surface area contributed by atoms with Crippen molar-refractivity contribution < 1.29 is 19.4 Å². The molecule has 7 nitrogen and oxygen atoms in total. The zero-order valence-corrected chi connectivity index (χ0v) is 38.5. The van der Waals surface area contributed by atoms with Crippen LogP contribution in [0.5, 0.6) is 0 Å². The maximum atomic E-state index is 12.9. The van der Waals surface area contributed by atoms with E-state index in [-0.39, 0.29) is 18.1 Å². The van der Waals surface area contributed by atoms with Crippen LogP contribution in [0.15, 0.2) is 24.3 Å². The molecule has 0 aliphatic carbocycles. The van der Waals surface area contributed by atoms with Gasteiger partial charge in [-0.1, -0.05) is 154 Å². The third-order valence-corrected chi connectivity index (χ3v) is 11.3. The van der Waals surface area contributed by atoms with Crippen molar-refractivity contribution in [3.63, 3.8) is 0 Å². The number of nitrogens with one attached hydrogen (secondary N) is 2. The van der Waals surface area contributed by atoms with Crippen LogP contribution in [0.3, 0.4) is 0 Å². The lowest BCUT2D eigenvalue weighted by molar-refractivity contribution is -0.150. The molecule has 2 amide bonds. The molecule has 0 saturated heterocycles. The molecule has 0 aromatic carbocycles. The Morgan fingerprint density at radius 2 is 0.965 bits per heavy atom. The van der Waals surface area contributed by atoms with Gasteiger partial charge in [0.15, 0.2) is 0 Å². The highest BCUT2D eigenvalue weighted by Gasteiger charge is 2.15. The summed E-state index contributed by atoms with van der Waals surface area (Å²) in [5.74, 6) is -0.0633. The number of likely N-dealkylation sites (N-methyl/N-ethyl adjacent to an activating group) is 1. The van der Waals surface area contributed by atoms with Crippen molar-refractivity contribution in [3.05, 3.63) is 24.3 Å². The maximum absolute atomic E-state index is 12.9. The number of carbonyl (C=O) groups excluding carboxylic acids is 2. The first kappa shape index (κ1) is 55.1. The average molecular weight is 804 g/mol. The summed E-state index contributed by atoms with van der Waals surface area (Å²) in [6.07, 6.45) is 51.4. The van der Waals surface area contributed by atoms with Gasteiger partial charge in [-0.2, -0.15) is 0 Å². The summed E-state index contributed by atoms with van der Waals surface area (Å²) in [4.78, 5) is 26.3. The molecule has 0 spiro atoms. The molecule has 1 atom stereocenters. The van der Waals surface area contributed by atoms with E-state index in [4.69, 9.17) is 4.74 Å². The van der Waals surface area contributed by atoms with E-state index in [0.717, 1.165) is 51.5 Å². The van der Waals surface area contributed by atoms with Crippen LogP contribution in [0, 0.1) is 0 Å². The summed E-state index contributed by atoms with van der Waals surface area (Å²) < 4.78 is 6.11. The Kier molecular flexibility index (Phi) is 43.8. The molecule has 1 unspecified atom stereocenters. The molecule has 336 valence electrons. The molecule has 0 heterocycles. The van der Waals surface area contributed by atoms with Gasteiger partial charge in [0, 0.05) is 26.6 Å². The van der Waals surface area contributed by atoms with Gasteiger partial charge >= 0.3 is 12.0 Å². The fraction of sp³-hybridized carbons (Fsp3) is 0.880. The second-order valence-corrected chi connectivity index (χ2v) is 17.1. The van der Waals surface area contributed by atoms with Crippen molar-refractivity contribution in [1.29, 1.82) is 0 Å². The SMILES string of the molecule is CCCCCCCC/C=C\CCCCCCCCC(CCCCCCCC/C=C\CCCCCCCC)OC(=O)CCCN(C)CC(O)CCCCNC(=O)NC. The Labute approximate surface area is 354 Å². The highest BCUT2D eigenvalue weighted by atomic mass is 16.5. The van der Waals surface area contributed by atoms with E-state index in [1.165, 1.54) is 167 Å².